The molecule has 3 aromatic rings. The van der Waals surface area contributed by atoms with E-state index < -0.39 is 6.10 Å². The minimum Gasteiger partial charge on any atom is -0.384 e. The van der Waals surface area contributed by atoms with Gasteiger partial charge >= 0.3 is 0 Å². The minimum absolute atomic E-state index is 0.596. The van der Waals surface area contributed by atoms with Gasteiger partial charge in [-0.25, -0.2) is 0 Å². The molecule has 0 fully saturated rings. The molecule has 1 aromatic heterocycles. The van der Waals surface area contributed by atoms with Crippen LogP contribution in [0.1, 0.15) is 35.4 Å². The predicted octanol–water partition coefficient (Wildman–Crippen LogP) is 4.19. The second-order valence-electron chi connectivity index (χ2n) is 5.40. The van der Waals surface area contributed by atoms with Crippen LogP contribution in [-0.2, 0) is 6.42 Å². The Hall–Kier alpha value is -2.19. The van der Waals surface area contributed by atoms with Gasteiger partial charge in [-0.1, -0.05) is 43.3 Å². The van der Waals surface area contributed by atoms with Gasteiger partial charge in [0, 0.05) is 11.1 Å². The first-order valence-electron chi connectivity index (χ1n) is 7.31. The maximum Gasteiger partial charge on any atom is 0.104 e. The zero-order chi connectivity index (χ0) is 14.8. The van der Waals surface area contributed by atoms with Gasteiger partial charge in [-0.15, -0.1) is 0 Å². The number of aliphatic hydroxyl groups is 1. The molecule has 21 heavy (non-hydrogen) atoms. The number of nitrogens with zero attached hydrogens (tertiary/aromatic N) is 1. The molecule has 106 valence electrons. The van der Waals surface area contributed by atoms with Crippen LogP contribution in [-0.4, -0.2) is 10.1 Å². The molecule has 0 saturated carbocycles. The van der Waals surface area contributed by atoms with Gasteiger partial charge in [0.05, 0.1) is 5.52 Å². The van der Waals surface area contributed by atoms with E-state index >= 15 is 0 Å². The maximum absolute atomic E-state index is 10.5. The molecule has 0 bridgehead atoms. The Morgan fingerprint density at radius 2 is 1.67 bits per heavy atom. The summed E-state index contributed by atoms with van der Waals surface area (Å²) in [5.41, 5.74) is 5.08. The van der Waals surface area contributed by atoms with Crippen LogP contribution in [0.4, 0.5) is 0 Å². The number of rotatable bonds is 3. The molecular formula is C19H19NO. The van der Waals surface area contributed by atoms with E-state index in [1.807, 2.05) is 49.4 Å². The molecule has 1 atom stereocenters. The molecule has 3 rings (SSSR count). The van der Waals surface area contributed by atoms with Crippen LogP contribution in [0.25, 0.3) is 10.9 Å². The van der Waals surface area contributed by atoms with Gasteiger partial charge in [0.15, 0.2) is 0 Å². The average Bonchev–Trinajstić information content (AvgIpc) is 2.53. The third-order valence-electron chi connectivity index (χ3n) is 3.87. The van der Waals surface area contributed by atoms with Crippen molar-refractivity contribution in [3.05, 3.63) is 77.0 Å². The minimum atomic E-state index is -0.596. The molecule has 0 aliphatic carbocycles. The Labute approximate surface area is 125 Å². The van der Waals surface area contributed by atoms with Crippen LogP contribution in [0, 0.1) is 6.92 Å². The van der Waals surface area contributed by atoms with Crippen molar-refractivity contribution in [1.29, 1.82) is 0 Å². The predicted molar refractivity (Wildman–Crippen MR) is 86.4 cm³/mol. The highest BCUT2D eigenvalue weighted by atomic mass is 16.3. The molecule has 0 saturated heterocycles. The van der Waals surface area contributed by atoms with Crippen LogP contribution in [0.3, 0.4) is 0 Å². The van der Waals surface area contributed by atoms with E-state index in [1.165, 1.54) is 5.56 Å². The molecule has 2 heteroatoms. The molecule has 1 heterocycles. The SMILES string of the molecule is CCc1ccc(C(O)c2ccc3nc(C)ccc3c2)cc1. The van der Waals surface area contributed by atoms with Gasteiger partial charge in [-0.3, -0.25) is 4.98 Å². The van der Waals surface area contributed by atoms with Crippen molar-refractivity contribution in [1.82, 2.24) is 4.98 Å². The van der Waals surface area contributed by atoms with Gasteiger partial charge in [0.25, 0.3) is 0 Å². The number of benzene rings is 2. The fourth-order valence-corrected chi connectivity index (χ4v) is 2.54. The first kappa shape index (κ1) is 13.8. The summed E-state index contributed by atoms with van der Waals surface area (Å²) in [5.74, 6) is 0. The van der Waals surface area contributed by atoms with Gasteiger partial charge in [-0.2, -0.15) is 0 Å². The van der Waals surface area contributed by atoms with Crippen molar-refractivity contribution in [3.63, 3.8) is 0 Å². The van der Waals surface area contributed by atoms with Gasteiger partial charge < -0.3 is 5.11 Å². The Bertz CT molecular complexity index is 762. The molecule has 1 N–H and O–H groups in total. The van der Waals surface area contributed by atoms with E-state index in [2.05, 4.69) is 24.0 Å². The average molecular weight is 277 g/mol. The number of hydrogen-bond donors (Lipinski definition) is 1. The van der Waals surface area contributed by atoms with E-state index in [0.717, 1.165) is 34.1 Å². The summed E-state index contributed by atoms with van der Waals surface area (Å²) in [6, 6.07) is 18.1. The molecule has 0 aliphatic heterocycles. The number of aryl methyl sites for hydroxylation is 2. The summed E-state index contributed by atoms with van der Waals surface area (Å²) in [5, 5.41) is 11.6. The molecule has 1 unspecified atom stereocenters. The number of pyridine rings is 1. The van der Waals surface area contributed by atoms with Crippen molar-refractivity contribution < 1.29 is 5.11 Å². The Kier molecular flexibility index (Phi) is 3.72. The van der Waals surface area contributed by atoms with Crippen molar-refractivity contribution in [2.24, 2.45) is 0 Å². The molecule has 0 aliphatic rings. The van der Waals surface area contributed by atoms with E-state index in [1.54, 1.807) is 0 Å². The van der Waals surface area contributed by atoms with Crippen LogP contribution < -0.4 is 0 Å². The number of aromatic nitrogens is 1. The Morgan fingerprint density at radius 1 is 0.952 bits per heavy atom. The van der Waals surface area contributed by atoms with Crippen LogP contribution in [0.15, 0.2) is 54.6 Å². The number of hydrogen-bond acceptors (Lipinski definition) is 2. The molecule has 0 spiro atoms. The number of fused-ring (bicyclic) bond motifs is 1. The van der Waals surface area contributed by atoms with Crippen molar-refractivity contribution in [2.45, 2.75) is 26.4 Å². The fourth-order valence-electron chi connectivity index (χ4n) is 2.54. The Morgan fingerprint density at radius 3 is 2.38 bits per heavy atom. The highest BCUT2D eigenvalue weighted by Gasteiger charge is 2.11. The lowest BCUT2D eigenvalue weighted by atomic mass is 9.98. The highest BCUT2D eigenvalue weighted by Crippen LogP contribution is 2.25. The van der Waals surface area contributed by atoms with E-state index in [-0.39, 0.29) is 0 Å². The van der Waals surface area contributed by atoms with Crippen LogP contribution in [0.5, 0.6) is 0 Å². The van der Waals surface area contributed by atoms with E-state index in [4.69, 9.17) is 0 Å². The van der Waals surface area contributed by atoms with E-state index in [0.29, 0.717) is 0 Å². The first-order valence-corrected chi connectivity index (χ1v) is 7.31. The summed E-state index contributed by atoms with van der Waals surface area (Å²) in [7, 11) is 0. The van der Waals surface area contributed by atoms with Crippen molar-refractivity contribution in [3.8, 4) is 0 Å². The molecule has 0 radical (unpaired) electrons. The van der Waals surface area contributed by atoms with Crippen molar-refractivity contribution >= 4 is 10.9 Å². The lowest BCUT2D eigenvalue weighted by Gasteiger charge is -2.13. The summed E-state index contributed by atoms with van der Waals surface area (Å²) in [6.07, 6.45) is 0.416. The number of aliphatic hydroxyl groups excluding tert-OH is 1. The largest absolute Gasteiger partial charge is 0.384 e. The molecular weight excluding hydrogens is 258 g/mol. The van der Waals surface area contributed by atoms with Crippen molar-refractivity contribution in [2.75, 3.05) is 0 Å². The lowest BCUT2D eigenvalue weighted by molar-refractivity contribution is 0.220. The van der Waals surface area contributed by atoms with Crippen LogP contribution >= 0.6 is 0 Å². The van der Waals surface area contributed by atoms with Gasteiger partial charge in [0.2, 0.25) is 0 Å². The zero-order valence-electron chi connectivity index (χ0n) is 12.4. The standard InChI is InChI=1S/C19H19NO/c1-3-14-5-8-15(9-6-14)19(21)17-10-11-18-16(12-17)7-4-13(2)20-18/h4-12,19,21H,3H2,1-2H3. The summed E-state index contributed by atoms with van der Waals surface area (Å²) < 4.78 is 0. The third kappa shape index (κ3) is 2.81. The summed E-state index contributed by atoms with van der Waals surface area (Å²) in [6.45, 7) is 4.11. The fraction of sp³-hybridized carbons (Fsp3) is 0.211. The molecule has 0 amide bonds. The van der Waals surface area contributed by atoms with Crippen LogP contribution in [0.2, 0.25) is 0 Å². The van der Waals surface area contributed by atoms with Gasteiger partial charge in [0.1, 0.15) is 6.10 Å². The van der Waals surface area contributed by atoms with E-state index in [9.17, 15) is 5.11 Å². The smallest absolute Gasteiger partial charge is 0.104 e. The second kappa shape index (κ2) is 5.66. The monoisotopic (exact) mass is 277 g/mol. The van der Waals surface area contributed by atoms with Gasteiger partial charge in [-0.05, 0) is 48.2 Å². The zero-order valence-corrected chi connectivity index (χ0v) is 12.4. The summed E-state index contributed by atoms with van der Waals surface area (Å²) >= 11 is 0. The topological polar surface area (TPSA) is 33.1 Å². The quantitative estimate of drug-likeness (QED) is 0.778. The normalized spacial score (nSPS) is 12.5. The molecule has 2 nitrogen and oxygen atoms in total. The second-order valence-corrected chi connectivity index (χ2v) is 5.40. The maximum atomic E-state index is 10.5. The first-order chi connectivity index (χ1) is 10.2. The third-order valence-corrected chi connectivity index (χ3v) is 3.87. The molecule has 2 aromatic carbocycles. The highest BCUT2D eigenvalue weighted by molar-refractivity contribution is 5.79. The lowest BCUT2D eigenvalue weighted by Crippen LogP contribution is -2.00. The summed E-state index contributed by atoms with van der Waals surface area (Å²) in [4.78, 5) is 4.49. The Balaban J connectivity index is 1.96.